The molecule has 1 N–H and O–H groups in total. The van der Waals surface area contributed by atoms with E-state index >= 15 is 0 Å². The van der Waals surface area contributed by atoms with Crippen molar-refractivity contribution in [2.45, 2.75) is 45.1 Å². The highest BCUT2D eigenvalue weighted by Gasteiger charge is 2.31. The number of imide groups is 1. The fourth-order valence-electron chi connectivity index (χ4n) is 3.59. The molecule has 0 radical (unpaired) electrons. The Bertz CT molecular complexity index is 602. The Morgan fingerprint density at radius 1 is 1.12 bits per heavy atom. The lowest BCUT2D eigenvalue weighted by molar-refractivity contribution is -0.125. The van der Waals surface area contributed by atoms with Gasteiger partial charge in [-0.1, -0.05) is 45.0 Å². The molecular weight excluding hydrogens is 302 g/mol. The molecule has 0 spiro atoms. The summed E-state index contributed by atoms with van der Waals surface area (Å²) in [4.78, 5) is 27.1. The minimum absolute atomic E-state index is 0.120. The number of benzene rings is 1. The molecule has 5 heteroatoms. The van der Waals surface area contributed by atoms with Gasteiger partial charge in [0.15, 0.2) is 0 Å². The Balaban J connectivity index is 1.65. The highest BCUT2D eigenvalue weighted by Crippen LogP contribution is 2.33. The minimum Gasteiger partial charge on any atom is -0.329 e. The van der Waals surface area contributed by atoms with Crippen molar-refractivity contribution < 1.29 is 9.59 Å². The largest absolute Gasteiger partial charge is 0.329 e. The van der Waals surface area contributed by atoms with Crippen LogP contribution in [0.2, 0.25) is 0 Å². The molecule has 3 rings (SSSR count). The van der Waals surface area contributed by atoms with Crippen LogP contribution in [0.5, 0.6) is 0 Å². The van der Waals surface area contributed by atoms with Crippen LogP contribution in [-0.4, -0.2) is 47.9 Å². The van der Waals surface area contributed by atoms with Crippen molar-refractivity contribution in [2.75, 3.05) is 26.2 Å². The Labute approximate surface area is 144 Å². The Morgan fingerprint density at radius 3 is 2.42 bits per heavy atom. The summed E-state index contributed by atoms with van der Waals surface area (Å²) >= 11 is 0. The summed E-state index contributed by atoms with van der Waals surface area (Å²) in [5, 5.41) is 2.58. The zero-order valence-corrected chi connectivity index (χ0v) is 14.8. The lowest BCUT2D eigenvalue weighted by atomic mass is 9.86. The topological polar surface area (TPSA) is 52.6 Å². The van der Waals surface area contributed by atoms with E-state index in [-0.39, 0.29) is 23.9 Å². The standard InChI is InChI=1S/C19H27N3O2/c1-19(2,3)15-8-6-14(7-9-15)16-5-4-10-21(16)11-12-22-17(23)13-20-18(22)24/h6-9,16H,4-5,10-13H2,1-3H3,(H,20,24)/t16-/m0/s1. The van der Waals surface area contributed by atoms with Gasteiger partial charge in [0.05, 0.1) is 6.54 Å². The molecule has 0 unspecified atom stereocenters. The molecule has 2 heterocycles. The summed E-state index contributed by atoms with van der Waals surface area (Å²) in [6, 6.07) is 9.05. The summed E-state index contributed by atoms with van der Waals surface area (Å²) in [5.41, 5.74) is 2.84. The molecule has 2 aliphatic heterocycles. The van der Waals surface area contributed by atoms with Gasteiger partial charge in [-0.2, -0.15) is 0 Å². The van der Waals surface area contributed by atoms with Gasteiger partial charge in [-0.3, -0.25) is 14.6 Å². The van der Waals surface area contributed by atoms with Crippen molar-refractivity contribution in [3.05, 3.63) is 35.4 Å². The first-order chi connectivity index (χ1) is 11.4. The van der Waals surface area contributed by atoms with Gasteiger partial charge < -0.3 is 5.32 Å². The zero-order chi connectivity index (χ0) is 17.3. The third-order valence-corrected chi connectivity index (χ3v) is 5.07. The first-order valence-corrected chi connectivity index (χ1v) is 8.79. The molecular formula is C19H27N3O2. The molecule has 0 aromatic heterocycles. The van der Waals surface area contributed by atoms with Gasteiger partial charge >= 0.3 is 6.03 Å². The Hall–Kier alpha value is -1.88. The third-order valence-electron chi connectivity index (χ3n) is 5.07. The van der Waals surface area contributed by atoms with E-state index in [1.807, 2.05) is 0 Å². The minimum atomic E-state index is -0.259. The van der Waals surface area contributed by atoms with Crippen LogP contribution in [0.15, 0.2) is 24.3 Å². The first-order valence-electron chi connectivity index (χ1n) is 8.79. The van der Waals surface area contributed by atoms with E-state index in [1.165, 1.54) is 16.0 Å². The predicted molar refractivity (Wildman–Crippen MR) is 93.8 cm³/mol. The molecule has 2 fully saturated rings. The number of carbonyl (C=O) groups excluding carboxylic acids is 2. The van der Waals surface area contributed by atoms with Crippen LogP contribution in [0, 0.1) is 0 Å². The molecule has 2 saturated heterocycles. The highest BCUT2D eigenvalue weighted by atomic mass is 16.2. The smallest absolute Gasteiger partial charge is 0.324 e. The van der Waals surface area contributed by atoms with E-state index in [4.69, 9.17) is 0 Å². The molecule has 0 bridgehead atoms. The fraction of sp³-hybridized carbons (Fsp3) is 0.579. The van der Waals surface area contributed by atoms with Crippen molar-refractivity contribution in [3.8, 4) is 0 Å². The SMILES string of the molecule is CC(C)(C)c1ccc([C@@H]2CCCN2CCN2C(=O)CNC2=O)cc1. The van der Waals surface area contributed by atoms with Crippen LogP contribution in [-0.2, 0) is 10.2 Å². The number of nitrogens with zero attached hydrogens (tertiary/aromatic N) is 2. The maximum atomic E-state index is 11.7. The monoisotopic (exact) mass is 329 g/mol. The molecule has 1 atom stereocenters. The van der Waals surface area contributed by atoms with Crippen LogP contribution < -0.4 is 5.32 Å². The van der Waals surface area contributed by atoms with Crippen LogP contribution in [0.3, 0.4) is 0 Å². The maximum absolute atomic E-state index is 11.7. The molecule has 0 aliphatic carbocycles. The van der Waals surface area contributed by atoms with Gasteiger partial charge in [0.2, 0.25) is 5.91 Å². The van der Waals surface area contributed by atoms with Crippen molar-refractivity contribution in [2.24, 2.45) is 0 Å². The van der Waals surface area contributed by atoms with E-state index in [0.29, 0.717) is 12.6 Å². The third kappa shape index (κ3) is 3.46. The van der Waals surface area contributed by atoms with E-state index < -0.39 is 0 Å². The maximum Gasteiger partial charge on any atom is 0.324 e. The predicted octanol–water partition coefficient (Wildman–Crippen LogP) is 2.67. The van der Waals surface area contributed by atoms with E-state index in [0.717, 1.165) is 25.9 Å². The van der Waals surface area contributed by atoms with Crippen LogP contribution >= 0.6 is 0 Å². The van der Waals surface area contributed by atoms with Crippen molar-refractivity contribution in [3.63, 3.8) is 0 Å². The second kappa shape index (κ2) is 6.55. The van der Waals surface area contributed by atoms with Crippen molar-refractivity contribution in [1.29, 1.82) is 0 Å². The molecule has 3 amide bonds. The summed E-state index contributed by atoms with van der Waals surface area (Å²) in [7, 11) is 0. The molecule has 130 valence electrons. The second-order valence-electron chi connectivity index (χ2n) is 7.77. The molecule has 1 aromatic carbocycles. The van der Waals surface area contributed by atoms with Gasteiger partial charge in [0.1, 0.15) is 0 Å². The van der Waals surface area contributed by atoms with Gasteiger partial charge in [0.25, 0.3) is 0 Å². The van der Waals surface area contributed by atoms with Gasteiger partial charge in [-0.15, -0.1) is 0 Å². The normalized spacial score (nSPS) is 22.3. The Kier molecular flexibility index (Phi) is 4.63. The fourth-order valence-corrected chi connectivity index (χ4v) is 3.59. The molecule has 5 nitrogen and oxygen atoms in total. The highest BCUT2D eigenvalue weighted by molar-refractivity contribution is 6.01. The number of urea groups is 1. The summed E-state index contributed by atoms with van der Waals surface area (Å²) < 4.78 is 0. The van der Waals surface area contributed by atoms with Crippen LogP contribution in [0.4, 0.5) is 4.79 Å². The van der Waals surface area contributed by atoms with Gasteiger partial charge in [0, 0.05) is 19.1 Å². The zero-order valence-electron chi connectivity index (χ0n) is 14.8. The summed E-state index contributed by atoms with van der Waals surface area (Å²) in [5.74, 6) is -0.120. The summed E-state index contributed by atoms with van der Waals surface area (Å²) in [6.07, 6.45) is 2.29. The van der Waals surface area contributed by atoms with Crippen molar-refractivity contribution >= 4 is 11.9 Å². The van der Waals surface area contributed by atoms with Crippen LogP contribution in [0.1, 0.15) is 50.8 Å². The summed E-state index contributed by atoms with van der Waals surface area (Å²) in [6.45, 7) is 9.05. The number of likely N-dealkylation sites (tertiary alicyclic amines) is 1. The molecule has 24 heavy (non-hydrogen) atoms. The number of nitrogens with one attached hydrogen (secondary N) is 1. The number of amides is 3. The number of rotatable bonds is 4. The molecule has 2 aliphatic rings. The van der Waals surface area contributed by atoms with E-state index in [2.05, 4.69) is 55.3 Å². The second-order valence-corrected chi connectivity index (χ2v) is 7.77. The van der Waals surface area contributed by atoms with E-state index in [9.17, 15) is 9.59 Å². The molecule has 1 aromatic rings. The first kappa shape index (κ1) is 17.0. The average molecular weight is 329 g/mol. The number of hydrogen-bond acceptors (Lipinski definition) is 3. The average Bonchev–Trinajstić information content (AvgIpc) is 3.12. The quantitative estimate of drug-likeness (QED) is 0.864. The lowest BCUT2D eigenvalue weighted by Crippen LogP contribution is -2.38. The van der Waals surface area contributed by atoms with Crippen LogP contribution in [0.25, 0.3) is 0 Å². The van der Waals surface area contributed by atoms with Gasteiger partial charge in [-0.25, -0.2) is 4.79 Å². The molecule has 0 saturated carbocycles. The number of hydrogen-bond donors (Lipinski definition) is 1. The lowest BCUT2D eigenvalue weighted by Gasteiger charge is -2.27. The van der Waals surface area contributed by atoms with Gasteiger partial charge in [-0.05, 0) is 35.9 Å². The van der Waals surface area contributed by atoms with Crippen molar-refractivity contribution in [1.82, 2.24) is 15.1 Å². The van der Waals surface area contributed by atoms with E-state index in [1.54, 1.807) is 0 Å². The number of carbonyl (C=O) groups is 2. The Morgan fingerprint density at radius 2 is 1.83 bits per heavy atom.